The number of nitrogens with one attached hydrogen (secondary N) is 1. The molecule has 2 nitrogen and oxygen atoms in total. The average Bonchev–Trinajstić information content (AvgIpc) is 2.39. The summed E-state index contributed by atoms with van der Waals surface area (Å²) < 4.78 is 1.00. The van der Waals surface area contributed by atoms with E-state index in [2.05, 4.69) is 28.2 Å². The fourth-order valence-electron chi connectivity index (χ4n) is 2.00. The predicted octanol–water partition coefficient (Wildman–Crippen LogP) is 4.86. The minimum atomic E-state index is 0.437. The Morgan fingerprint density at radius 2 is 1.89 bits per heavy atom. The lowest BCUT2D eigenvalue weighted by Gasteiger charge is -2.11. The normalized spacial score (nSPS) is 10.4. The Bertz CT molecular complexity index is 407. The van der Waals surface area contributed by atoms with Crippen LogP contribution in [0.3, 0.4) is 0 Å². The van der Waals surface area contributed by atoms with Gasteiger partial charge >= 0.3 is 0 Å². The van der Waals surface area contributed by atoms with Gasteiger partial charge in [-0.15, -0.1) is 0 Å². The van der Waals surface area contributed by atoms with Crippen molar-refractivity contribution in [3.63, 3.8) is 0 Å². The largest absolute Gasteiger partial charge is 0.389 e. The summed E-state index contributed by atoms with van der Waals surface area (Å²) in [6, 6.07) is 5.99. The molecule has 106 valence electrons. The van der Waals surface area contributed by atoms with Crippen LogP contribution in [0.2, 0.25) is 0 Å². The Balaban J connectivity index is 2.35. The van der Waals surface area contributed by atoms with Crippen LogP contribution in [-0.4, -0.2) is 11.5 Å². The number of thiocarbonyl (C=S) groups is 1. The molecule has 0 atom stereocenters. The minimum Gasteiger partial charge on any atom is -0.389 e. The Morgan fingerprint density at radius 3 is 2.58 bits per heavy atom. The van der Waals surface area contributed by atoms with Gasteiger partial charge in [0.05, 0.1) is 0 Å². The third kappa shape index (κ3) is 6.39. The number of rotatable bonds is 9. The van der Waals surface area contributed by atoms with E-state index in [1.807, 2.05) is 18.2 Å². The van der Waals surface area contributed by atoms with E-state index in [0.29, 0.717) is 4.99 Å². The van der Waals surface area contributed by atoms with Gasteiger partial charge in [-0.05, 0) is 24.6 Å². The molecule has 0 aromatic heterocycles. The summed E-state index contributed by atoms with van der Waals surface area (Å²) in [5, 5.41) is 3.42. The van der Waals surface area contributed by atoms with Gasteiger partial charge in [-0.1, -0.05) is 67.2 Å². The van der Waals surface area contributed by atoms with Crippen LogP contribution >= 0.6 is 28.1 Å². The molecule has 0 aliphatic rings. The van der Waals surface area contributed by atoms with Crippen LogP contribution in [0.1, 0.15) is 51.0 Å². The van der Waals surface area contributed by atoms with Crippen molar-refractivity contribution in [3.05, 3.63) is 28.2 Å². The summed E-state index contributed by atoms with van der Waals surface area (Å²) in [6.07, 6.45) is 7.81. The second-order valence-corrected chi connectivity index (χ2v) is 6.10. The standard InChI is InChI=1S/C15H23BrN2S/c1-2-3-4-5-6-7-10-18-14-9-8-12(16)11-13(14)15(17)19/h8-9,11,18H,2-7,10H2,1H3,(H2,17,19). The molecule has 4 heteroatoms. The number of unbranched alkanes of at least 4 members (excludes halogenated alkanes) is 5. The van der Waals surface area contributed by atoms with Crippen molar-refractivity contribution in [2.45, 2.75) is 45.4 Å². The van der Waals surface area contributed by atoms with E-state index >= 15 is 0 Å². The van der Waals surface area contributed by atoms with Gasteiger partial charge in [0, 0.05) is 22.3 Å². The molecule has 0 fully saturated rings. The highest BCUT2D eigenvalue weighted by atomic mass is 79.9. The monoisotopic (exact) mass is 342 g/mol. The Hall–Kier alpha value is -0.610. The Kier molecular flexibility index (Phi) is 8.07. The van der Waals surface area contributed by atoms with Crippen LogP contribution in [0.4, 0.5) is 5.69 Å². The molecule has 1 rings (SSSR count). The molecular formula is C15H23BrN2S. The quantitative estimate of drug-likeness (QED) is 0.497. The molecule has 19 heavy (non-hydrogen) atoms. The van der Waals surface area contributed by atoms with Crippen molar-refractivity contribution >= 4 is 38.8 Å². The number of hydrogen-bond acceptors (Lipinski definition) is 2. The first-order valence-corrected chi connectivity index (χ1v) is 8.18. The number of anilines is 1. The average molecular weight is 343 g/mol. The number of nitrogens with two attached hydrogens (primary N) is 1. The van der Waals surface area contributed by atoms with Crippen molar-refractivity contribution in [1.29, 1.82) is 0 Å². The van der Waals surface area contributed by atoms with Gasteiger partial charge in [0.1, 0.15) is 4.99 Å². The SMILES string of the molecule is CCCCCCCCNc1ccc(Br)cc1C(N)=S. The molecule has 0 amide bonds. The molecule has 1 aromatic carbocycles. The number of hydrogen-bond donors (Lipinski definition) is 2. The molecule has 0 bridgehead atoms. The summed E-state index contributed by atoms with van der Waals surface area (Å²) in [6.45, 7) is 3.22. The lowest BCUT2D eigenvalue weighted by atomic mass is 10.1. The molecule has 0 saturated heterocycles. The first-order chi connectivity index (χ1) is 9.15. The van der Waals surface area contributed by atoms with E-state index in [4.69, 9.17) is 18.0 Å². The molecule has 3 N–H and O–H groups in total. The second-order valence-electron chi connectivity index (χ2n) is 4.75. The summed E-state index contributed by atoms with van der Waals surface area (Å²) in [4.78, 5) is 0.437. The van der Waals surface area contributed by atoms with E-state index < -0.39 is 0 Å². The van der Waals surface area contributed by atoms with Crippen molar-refractivity contribution < 1.29 is 0 Å². The third-order valence-electron chi connectivity index (χ3n) is 3.09. The summed E-state index contributed by atoms with van der Waals surface area (Å²) in [5.41, 5.74) is 7.68. The van der Waals surface area contributed by atoms with Crippen LogP contribution in [0.25, 0.3) is 0 Å². The maximum Gasteiger partial charge on any atom is 0.106 e. The van der Waals surface area contributed by atoms with Gasteiger partial charge in [0.15, 0.2) is 0 Å². The molecule has 0 aliphatic carbocycles. The van der Waals surface area contributed by atoms with E-state index in [1.165, 1.54) is 38.5 Å². The van der Waals surface area contributed by atoms with E-state index in [-0.39, 0.29) is 0 Å². The summed E-state index contributed by atoms with van der Waals surface area (Å²) >= 11 is 8.51. The maximum absolute atomic E-state index is 5.74. The van der Waals surface area contributed by atoms with E-state index in [0.717, 1.165) is 22.3 Å². The zero-order chi connectivity index (χ0) is 14.1. The maximum atomic E-state index is 5.74. The lowest BCUT2D eigenvalue weighted by molar-refractivity contribution is 0.617. The van der Waals surface area contributed by atoms with Gasteiger partial charge in [-0.25, -0.2) is 0 Å². The van der Waals surface area contributed by atoms with Crippen molar-refractivity contribution in [3.8, 4) is 0 Å². The predicted molar refractivity (Wildman–Crippen MR) is 91.9 cm³/mol. The minimum absolute atomic E-state index is 0.437. The fourth-order valence-corrected chi connectivity index (χ4v) is 2.53. The Morgan fingerprint density at radius 1 is 1.21 bits per heavy atom. The Labute approximate surface area is 130 Å². The topological polar surface area (TPSA) is 38.0 Å². The van der Waals surface area contributed by atoms with Gasteiger partial charge in [-0.2, -0.15) is 0 Å². The summed E-state index contributed by atoms with van der Waals surface area (Å²) in [7, 11) is 0. The molecule has 0 radical (unpaired) electrons. The highest BCUT2D eigenvalue weighted by Gasteiger charge is 2.05. The van der Waals surface area contributed by atoms with Crippen molar-refractivity contribution in [1.82, 2.24) is 0 Å². The zero-order valence-electron chi connectivity index (χ0n) is 11.5. The molecule has 0 saturated carbocycles. The van der Waals surface area contributed by atoms with Crippen molar-refractivity contribution in [2.75, 3.05) is 11.9 Å². The number of halogens is 1. The van der Waals surface area contributed by atoms with Crippen LogP contribution < -0.4 is 11.1 Å². The summed E-state index contributed by atoms with van der Waals surface area (Å²) in [5.74, 6) is 0. The third-order valence-corrected chi connectivity index (χ3v) is 3.81. The molecule has 0 spiro atoms. The second kappa shape index (κ2) is 9.32. The lowest BCUT2D eigenvalue weighted by Crippen LogP contribution is -2.13. The van der Waals surface area contributed by atoms with E-state index in [9.17, 15) is 0 Å². The molecular weight excluding hydrogens is 320 g/mol. The van der Waals surface area contributed by atoms with E-state index in [1.54, 1.807) is 0 Å². The van der Waals surface area contributed by atoms with Gasteiger partial charge < -0.3 is 11.1 Å². The van der Waals surface area contributed by atoms with Crippen LogP contribution in [0.15, 0.2) is 22.7 Å². The fraction of sp³-hybridized carbons (Fsp3) is 0.533. The highest BCUT2D eigenvalue weighted by Crippen LogP contribution is 2.21. The molecule has 0 unspecified atom stereocenters. The first kappa shape index (κ1) is 16.4. The molecule has 1 aromatic rings. The molecule has 0 aliphatic heterocycles. The van der Waals surface area contributed by atoms with Crippen molar-refractivity contribution in [2.24, 2.45) is 5.73 Å². The highest BCUT2D eigenvalue weighted by molar-refractivity contribution is 9.10. The van der Waals surface area contributed by atoms with Crippen LogP contribution in [0.5, 0.6) is 0 Å². The van der Waals surface area contributed by atoms with Gasteiger partial charge in [-0.3, -0.25) is 0 Å². The van der Waals surface area contributed by atoms with Crippen LogP contribution in [-0.2, 0) is 0 Å². The number of benzene rings is 1. The van der Waals surface area contributed by atoms with Gasteiger partial charge in [0.2, 0.25) is 0 Å². The first-order valence-electron chi connectivity index (χ1n) is 6.98. The molecule has 0 heterocycles. The van der Waals surface area contributed by atoms with Crippen LogP contribution in [0, 0.1) is 0 Å². The zero-order valence-corrected chi connectivity index (χ0v) is 13.9. The van der Waals surface area contributed by atoms with Gasteiger partial charge in [0.25, 0.3) is 0 Å². The smallest absolute Gasteiger partial charge is 0.106 e.